The molecular weight excluding hydrogens is 360 g/mol. The fourth-order valence-electron chi connectivity index (χ4n) is 3.51. The molecule has 2 unspecified atom stereocenters. The summed E-state index contributed by atoms with van der Waals surface area (Å²) < 4.78 is 22.5. The van der Waals surface area contributed by atoms with Crippen molar-refractivity contribution in [3.05, 3.63) is 63.4 Å². The molecule has 0 radical (unpaired) electrons. The molecule has 28 heavy (non-hydrogen) atoms. The van der Waals surface area contributed by atoms with E-state index < -0.39 is 5.97 Å². The number of carbonyl (C=O) groups excluding carboxylic acids is 1. The molecule has 1 aliphatic carbocycles. The Morgan fingerprint density at radius 1 is 1.11 bits per heavy atom. The number of esters is 1. The van der Waals surface area contributed by atoms with Crippen LogP contribution in [0.4, 0.5) is 0 Å². The lowest BCUT2D eigenvalue weighted by Crippen LogP contribution is -2.12. The SMILES string of the molecule is CCOC(=O)c1ccc2oc(C3CC3c3ccc(C)o3)c(OCC)c(=O)c2c1. The van der Waals surface area contributed by atoms with Gasteiger partial charge in [-0.2, -0.15) is 0 Å². The molecule has 1 fully saturated rings. The highest BCUT2D eigenvalue weighted by molar-refractivity contribution is 5.94. The van der Waals surface area contributed by atoms with Crippen LogP contribution in [0.1, 0.15) is 59.7 Å². The smallest absolute Gasteiger partial charge is 0.338 e. The lowest BCUT2D eigenvalue weighted by molar-refractivity contribution is 0.0526. The minimum absolute atomic E-state index is 0.0360. The monoisotopic (exact) mass is 382 g/mol. The van der Waals surface area contributed by atoms with Crippen LogP contribution in [0.2, 0.25) is 0 Å². The second-order valence-corrected chi connectivity index (χ2v) is 6.89. The maximum atomic E-state index is 13.1. The van der Waals surface area contributed by atoms with Gasteiger partial charge in [0.2, 0.25) is 11.2 Å². The molecule has 2 aromatic heterocycles. The summed E-state index contributed by atoms with van der Waals surface area (Å²) in [7, 11) is 0. The second-order valence-electron chi connectivity index (χ2n) is 6.89. The highest BCUT2D eigenvalue weighted by Crippen LogP contribution is 2.56. The van der Waals surface area contributed by atoms with Gasteiger partial charge in [0, 0.05) is 11.8 Å². The zero-order chi connectivity index (χ0) is 19.8. The van der Waals surface area contributed by atoms with E-state index in [2.05, 4.69) is 0 Å². The summed E-state index contributed by atoms with van der Waals surface area (Å²) in [5.74, 6) is 2.25. The van der Waals surface area contributed by atoms with Crippen molar-refractivity contribution in [1.29, 1.82) is 0 Å². The van der Waals surface area contributed by atoms with Crippen molar-refractivity contribution in [3.8, 4) is 5.75 Å². The number of hydrogen-bond acceptors (Lipinski definition) is 6. The molecule has 0 N–H and O–H groups in total. The molecule has 0 bridgehead atoms. The highest BCUT2D eigenvalue weighted by atomic mass is 16.5. The molecule has 0 amide bonds. The minimum Gasteiger partial charge on any atom is -0.487 e. The number of hydrogen-bond donors (Lipinski definition) is 0. The van der Waals surface area contributed by atoms with Gasteiger partial charge < -0.3 is 18.3 Å². The second kappa shape index (κ2) is 7.19. The van der Waals surface area contributed by atoms with Gasteiger partial charge in [0.15, 0.2) is 5.76 Å². The molecule has 0 aliphatic heterocycles. The van der Waals surface area contributed by atoms with Crippen molar-refractivity contribution < 1.29 is 23.1 Å². The maximum Gasteiger partial charge on any atom is 0.338 e. The normalized spacial score (nSPS) is 18.2. The quantitative estimate of drug-likeness (QED) is 0.582. The zero-order valence-electron chi connectivity index (χ0n) is 16.1. The molecule has 2 atom stereocenters. The number of furan rings is 1. The average molecular weight is 382 g/mol. The van der Waals surface area contributed by atoms with Gasteiger partial charge in [-0.05, 0) is 57.5 Å². The fourth-order valence-corrected chi connectivity index (χ4v) is 3.51. The molecule has 1 aromatic carbocycles. The van der Waals surface area contributed by atoms with E-state index in [4.69, 9.17) is 18.3 Å². The standard InChI is InChI=1S/C22H22O6/c1-4-25-21-19(23)16-10-13(22(24)26-5-2)7-9-18(16)28-20(21)15-11-14(15)17-8-6-12(3)27-17/h6-10,14-15H,4-5,11H2,1-3H3. The molecule has 3 aromatic rings. The Morgan fingerprint density at radius 2 is 1.93 bits per heavy atom. The molecule has 146 valence electrons. The summed E-state index contributed by atoms with van der Waals surface area (Å²) in [6.07, 6.45) is 0.836. The molecule has 1 aliphatic rings. The van der Waals surface area contributed by atoms with Crippen LogP contribution in [-0.4, -0.2) is 19.2 Å². The number of rotatable bonds is 6. The van der Waals surface area contributed by atoms with Crippen LogP contribution in [0, 0.1) is 6.92 Å². The Hall–Kier alpha value is -3.02. The molecule has 0 spiro atoms. The van der Waals surface area contributed by atoms with Crippen LogP contribution in [-0.2, 0) is 4.74 Å². The topological polar surface area (TPSA) is 78.9 Å². The van der Waals surface area contributed by atoms with Crippen LogP contribution in [0.25, 0.3) is 11.0 Å². The van der Waals surface area contributed by atoms with Gasteiger partial charge in [-0.3, -0.25) is 4.79 Å². The van der Waals surface area contributed by atoms with Gasteiger partial charge in [0.1, 0.15) is 17.1 Å². The summed E-state index contributed by atoms with van der Waals surface area (Å²) in [6.45, 7) is 6.08. The number of benzene rings is 1. The van der Waals surface area contributed by atoms with E-state index in [0.717, 1.165) is 17.9 Å². The van der Waals surface area contributed by atoms with Gasteiger partial charge >= 0.3 is 5.97 Å². The Balaban J connectivity index is 1.77. The van der Waals surface area contributed by atoms with E-state index in [1.165, 1.54) is 6.07 Å². The molecular formula is C22H22O6. The molecule has 2 heterocycles. The summed E-state index contributed by atoms with van der Waals surface area (Å²) in [4.78, 5) is 25.1. The number of ether oxygens (including phenoxy) is 2. The van der Waals surface area contributed by atoms with E-state index in [1.54, 1.807) is 19.1 Å². The van der Waals surface area contributed by atoms with Crippen molar-refractivity contribution in [1.82, 2.24) is 0 Å². The third kappa shape index (κ3) is 3.19. The van der Waals surface area contributed by atoms with Crippen LogP contribution < -0.4 is 10.2 Å². The van der Waals surface area contributed by atoms with Gasteiger partial charge in [-0.15, -0.1) is 0 Å². The Kier molecular flexibility index (Phi) is 4.71. The van der Waals surface area contributed by atoms with Crippen molar-refractivity contribution in [2.24, 2.45) is 0 Å². The maximum absolute atomic E-state index is 13.1. The van der Waals surface area contributed by atoms with Gasteiger partial charge in [-0.25, -0.2) is 4.79 Å². The number of carbonyl (C=O) groups is 1. The third-order valence-corrected chi connectivity index (χ3v) is 4.93. The lowest BCUT2D eigenvalue weighted by Gasteiger charge is -2.11. The van der Waals surface area contributed by atoms with Crippen LogP contribution in [0.3, 0.4) is 0 Å². The first-order chi connectivity index (χ1) is 13.5. The Morgan fingerprint density at radius 3 is 2.61 bits per heavy atom. The van der Waals surface area contributed by atoms with Gasteiger partial charge in [0.05, 0.1) is 24.2 Å². The zero-order valence-corrected chi connectivity index (χ0v) is 16.1. The summed E-state index contributed by atoms with van der Waals surface area (Å²) >= 11 is 0. The van der Waals surface area contributed by atoms with E-state index in [0.29, 0.717) is 28.9 Å². The van der Waals surface area contributed by atoms with Crippen molar-refractivity contribution >= 4 is 16.9 Å². The van der Waals surface area contributed by atoms with Gasteiger partial charge in [-0.1, -0.05) is 0 Å². The number of aryl methyl sites for hydroxylation is 1. The molecule has 6 heteroatoms. The molecule has 4 rings (SSSR count). The molecule has 1 saturated carbocycles. The largest absolute Gasteiger partial charge is 0.487 e. The van der Waals surface area contributed by atoms with Crippen molar-refractivity contribution in [2.75, 3.05) is 13.2 Å². The minimum atomic E-state index is -0.471. The van der Waals surface area contributed by atoms with E-state index in [9.17, 15) is 9.59 Å². The van der Waals surface area contributed by atoms with Gasteiger partial charge in [0.25, 0.3) is 0 Å². The first-order valence-electron chi connectivity index (χ1n) is 9.50. The van der Waals surface area contributed by atoms with Crippen LogP contribution >= 0.6 is 0 Å². The molecule has 0 saturated heterocycles. The first-order valence-corrected chi connectivity index (χ1v) is 9.50. The fraction of sp³-hybridized carbons (Fsp3) is 0.364. The van der Waals surface area contributed by atoms with E-state index in [1.807, 2.05) is 26.0 Å². The summed E-state index contributed by atoms with van der Waals surface area (Å²) in [5.41, 5.74) is 0.468. The number of fused-ring (bicyclic) bond motifs is 1. The summed E-state index contributed by atoms with van der Waals surface area (Å²) in [5, 5.41) is 0.309. The predicted molar refractivity (Wildman–Crippen MR) is 103 cm³/mol. The Bertz CT molecular complexity index is 1090. The molecule has 6 nitrogen and oxygen atoms in total. The van der Waals surface area contributed by atoms with E-state index >= 15 is 0 Å². The first kappa shape index (κ1) is 18.3. The van der Waals surface area contributed by atoms with Crippen LogP contribution in [0.15, 0.2) is 44.0 Å². The third-order valence-electron chi connectivity index (χ3n) is 4.93. The Labute approximate surface area is 162 Å². The van der Waals surface area contributed by atoms with E-state index in [-0.39, 0.29) is 29.6 Å². The van der Waals surface area contributed by atoms with Crippen LogP contribution in [0.5, 0.6) is 5.75 Å². The predicted octanol–water partition coefficient (Wildman–Crippen LogP) is 4.54. The summed E-state index contributed by atoms with van der Waals surface area (Å²) in [6, 6.07) is 8.64. The highest BCUT2D eigenvalue weighted by Gasteiger charge is 2.46. The van der Waals surface area contributed by atoms with Crippen molar-refractivity contribution in [2.45, 2.75) is 39.0 Å². The average Bonchev–Trinajstić information content (AvgIpc) is 3.37. The van der Waals surface area contributed by atoms with Crippen molar-refractivity contribution in [3.63, 3.8) is 0 Å². The lowest BCUT2D eigenvalue weighted by atomic mass is 10.1.